The summed E-state index contributed by atoms with van der Waals surface area (Å²) in [5.74, 6) is 0.964. The summed E-state index contributed by atoms with van der Waals surface area (Å²) in [6, 6.07) is 6.18. The fourth-order valence-electron chi connectivity index (χ4n) is 1.79. The highest BCUT2D eigenvalue weighted by Crippen LogP contribution is 2.31. The van der Waals surface area contributed by atoms with Crippen LogP contribution < -0.4 is 10.1 Å². The zero-order valence-electron chi connectivity index (χ0n) is 8.22. The van der Waals surface area contributed by atoms with Gasteiger partial charge in [0, 0.05) is 23.2 Å². The Hall–Kier alpha value is -0.730. The van der Waals surface area contributed by atoms with Crippen LogP contribution in [0.3, 0.4) is 0 Å². The lowest BCUT2D eigenvalue weighted by molar-refractivity contribution is 0.324. The molecule has 0 saturated heterocycles. The second kappa shape index (κ2) is 4.20. The van der Waals surface area contributed by atoms with Crippen molar-refractivity contribution in [1.82, 2.24) is 5.32 Å². The number of hydrogen-bond acceptors (Lipinski definition) is 2. The molecule has 0 amide bonds. The molecule has 1 aromatic carbocycles. The lowest BCUT2D eigenvalue weighted by Gasteiger charge is -2.15. The lowest BCUT2D eigenvalue weighted by atomic mass is 10.0. The molecule has 1 unspecified atom stereocenters. The van der Waals surface area contributed by atoms with Crippen LogP contribution in [0.25, 0.3) is 0 Å². The van der Waals surface area contributed by atoms with Gasteiger partial charge in [-0.05, 0) is 24.6 Å². The Kier molecular flexibility index (Phi) is 2.94. The molecular weight excluding hydrogens is 198 g/mol. The Labute approximate surface area is 89.2 Å². The first-order valence-electron chi connectivity index (χ1n) is 4.97. The molecular formula is C11H14ClNO. The van der Waals surface area contributed by atoms with Gasteiger partial charge in [-0.1, -0.05) is 18.5 Å². The monoisotopic (exact) mass is 211 g/mol. The second-order valence-corrected chi connectivity index (χ2v) is 3.88. The highest BCUT2D eigenvalue weighted by atomic mass is 35.5. The maximum absolute atomic E-state index is 5.97. The molecule has 3 heteroatoms. The van der Waals surface area contributed by atoms with E-state index in [1.165, 1.54) is 5.56 Å². The highest BCUT2D eigenvalue weighted by molar-refractivity contribution is 6.30. The fraction of sp³-hybridized carbons (Fsp3) is 0.455. The molecule has 1 atom stereocenters. The Morgan fingerprint density at radius 1 is 1.57 bits per heavy atom. The molecule has 76 valence electrons. The smallest absolute Gasteiger partial charge is 0.124 e. The van der Waals surface area contributed by atoms with Gasteiger partial charge < -0.3 is 10.1 Å². The highest BCUT2D eigenvalue weighted by Gasteiger charge is 2.17. The molecule has 14 heavy (non-hydrogen) atoms. The summed E-state index contributed by atoms with van der Waals surface area (Å²) in [6.07, 6.45) is 1.05. The van der Waals surface area contributed by atoms with Gasteiger partial charge in [0.1, 0.15) is 12.4 Å². The predicted molar refractivity (Wildman–Crippen MR) is 58.0 cm³/mol. The number of nitrogens with one attached hydrogen (secondary N) is 1. The van der Waals surface area contributed by atoms with E-state index in [2.05, 4.69) is 12.2 Å². The first-order chi connectivity index (χ1) is 6.81. The van der Waals surface area contributed by atoms with Crippen LogP contribution in [0, 0.1) is 0 Å². The standard InChI is InChI=1S/C11H14ClNO/c1-2-10-9-7-8(12)3-4-11(9)14-6-5-13-10/h3-4,7,10,13H,2,5-6H2,1H3. The molecule has 0 fully saturated rings. The largest absolute Gasteiger partial charge is 0.492 e. The van der Waals surface area contributed by atoms with Crippen molar-refractivity contribution in [2.75, 3.05) is 13.2 Å². The molecule has 0 aliphatic carbocycles. The average Bonchev–Trinajstić information content (AvgIpc) is 2.39. The summed E-state index contributed by atoms with van der Waals surface area (Å²) in [5, 5.41) is 4.20. The average molecular weight is 212 g/mol. The van der Waals surface area contributed by atoms with Crippen molar-refractivity contribution in [3.63, 3.8) is 0 Å². The van der Waals surface area contributed by atoms with Crippen LogP contribution in [0.4, 0.5) is 0 Å². The zero-order valence-corrected chi connectivity index (χ0v) is 8.97. The molecule has 1 aliphatic heterocycles. The van der Waals surface area contributed by atoms with Crippen LogP contribution in [0.15, 0.2) is 18.2 Å². The summed E-state index contributed by atoms with van der Waals surface area (Å²) in [5.41, 5.74) is 1.18. The second-order valence-electron chi connectivity index (χ2n) is 3.45. The number of ether oxygens (including phenoxy) is 1. The summed E-state index contributed by atoms with van der Waals surface area (Å²) in [7, 11) is 0. The van der Waals surface area contributed by atoms with Crippen LogP contribution in [0.5, 0.6) is 5.75 Å². The van der Waals surface area contributed by atoms with Crippen molar-refractivity contribution < 1.29 is 4.74 Å². The number of halogens is 1. The van der Waals surface area contributed by atoms with Gasteiger partial charge in [0.25, 0.3) is 0 Å². The van der Waals surface area contributed by atoms with Crippen LogP contribution >= 0.6 is 11.6 Å². The molecule has 1 aliphatic rings. The van der Waals surface area contributed by atoms with E-state index in [9.17, 15) is 0 Å². The molecule has 0 radical (unpaired) electrons. The van der Waals surface area contributed by atoms with Crippen LogP contribution in [0.2, 0.25) is 5.02 Å². The number of benzene rings is 1. The number of hydrogen-bond donors (Lipinski definition) is 1. The molecule has 1 N–H and O–H groups in total. The summed E-state index contributed by atoms with van der Waals surface area (Å²) in [4.78, 5) is 0. The quantitative estimate of drug-likeness (QED) is 0.772. The zero-order chi connectivity index (χ0) is 9.97. The van der Waals surface area contributed by atoms with E-state index in [-0.39, 0.29) is 0 Å². The Bertz CT molecular complexity index is 327. The topological polar surface area (TPSA) is 21.3 Å². The first-order valence-corrected chi connectivity index (χ1v) is 5.34. The van der Waals surface area contributed by atoms with Crippen LogP contribution in [-0.2, 0) is 0 Å². The normalized spacial score (nSPS) is 20.9. The Balaban J connectivity index is 2.40. The van der Waals surface area contributed by atoms with Crippen LogP contribution in [-0.4, -0.2) is 13.2 Å². The molecule has 1 heterocycles. The van der Waals surface area contributed by atoms with Crippen molar-refractivity contribution in [1.29, 1.82) is 0 Å². The van der Waals surface area contributed by atoms with Gasteiger partial charge in [0.2, 0.25) is 0 Å². The van der Waals surface area contributed by atoms with Crippen molar-refractivity contribution in [2.24, 2.45) is 0 Å². The Morgan fingerprint density at radius 2 is 2.43 bits per heavy atom. The molecule has 1 aromatic rings. The minimum atomic E-state index is 0.367. The van der Waals surface area contributed by atoms with Crippen LogP contribution in [0.1, 0.15) is 24.9 Å². The lowest BCUT2D eigenvalue weighted by Crippen LogP contribution is -2.22. The summed E-state index contributed by atoms with van der Waals surface area (Å²) in [6.45, 7) is 3.78. The van der Waals surface area contributed by atoms with Crippen molar-refractivity contribution in [3.8, 4) is 5.75 Å². The number of fused-ring (bicyclic) bond motifs is 1. The van der Waals surface area contributed by atoms with E-state index in [1.54, 1.807) is 0 Å². The van der Waals surface area contributed by atoms with E-state index in [4.69, 9.17) is 16.3 Å². The minimum absolute atomic E-state index is 0.367. The van der Waals surface area contributed by atoms with E-state index < -0.39 is 0 Å². The predicted octanol–water partition coefficient (Wildman–Crippen LogP) is 2.77. The van der Waals surface area contributed by atoms with Gasteiger partial charge in [0.05, 0.1) is 0 Å². The van der Waals surface area contributed by atoms with Gasteiger partial charge >= 0.3 is 0 Å². The molecule has 2 rings (SSSR count). The van der Waals surface area contributed by atoms with E-state index in [1.807, 2.05) is 18.2 Å². The van der Waals surface area contributed by atoms with Gasteiger partial charge in [-0.15, -0.1) is 0 Å². The fourth-order valence-corrected chi connectivity index (χ4v) is 1.97. The number of rotatable bonds is 1. The molecule has 0 aromatic heterocycles. The molecule has 2 nitrogen and oxygen atoms in total. The minimum Gasteiger partial charge on any atom is -0.492 e. The summed E-state index contributed by atoms with van der Waals surface area (Å²) < 4.78 is 5.61. The van der Waals surface area contributed by atoms with Crippen molar-refractivity contribution in [2.45, 2.75) is 19.4 Å². The van der Waals surface area contributed by atoms with E-state index >= 15 is 0 Å². The van der Waals surface area contributed by atoms with Gasteiger partial charge in [-0.3, -0.25) is 0 Å². The first kappa shape index (κ1) is 9.81. The SMILES string of the molecule is CCC1NCCOc2ccc(Cl)cc21. The summed E-state index contributed by atoms with van der Waals surface area (Å²) >= 11 is 5.97. The van der Waals surface area contributed by atoms with Gasteiger partial charge in [0.15, 0.2) is 0 Å². The third kappa shape index (κ3) is 1.86. The van der Waals surface area contributed by atoms with E-state index in [0.29, 0.717) is 6.04 Å². The van der Waals surface area contributed by atoms with Crippen molar-refractivity contribution in [3.05, 3.63) is 28.8 Å². The third-order valence-corrected chi connectivity index (χ3v) is 2.74. The van der Waals surface area contributed by atoms with Gasteiger partial charge in [-0.25, -0.2) is 0 Å². The van der Waals surface area contributed by atoms with Gasteiger partial charge in [-0.2, -0.15) is 0 Å². The van der Waals surface area contributed by atoms with Crippen molar-refractivity contribution >= 4 is 11.6 Å². The molecule has 0 spiro atoms. The third-order valence-electron chi connectivity index (χ3n) is 2.51. The maximum Gasteiger partial charge on any atom is 0.124 e. The molecule has 0 bridgehead atoms. The Morgan fingerprint density at radius 3 is 3.21 bits per heavy atom. The maximum atomic E-state index is 5.97. The molecule has 0 saturated carbocycles. The van der Waals surface area contributed by atoms with E-state index in [0.717, 1.165) is 30.3 Å².